The van der Waals surface area contributed by atoms with E-state index in [4.69, 9.17) is 15.9 Å². The Bertz CT molecular complexity index is 359. The Balaban J connectivity index is 1.88. The largest absolute Gasteiger partial charge is 0.382 e. The zero-order valence-electron chi connectivity index (χ0n) is 8.69. The first-order chi connectivity index (χ1) is 7.77. The molecule has 1 atom stereocenters. The van der Waals surface area contributed by atoms with Crippen LogP contribution >= 0.6 is 0 Å². The number of hydrogen-bond donors (Lipinski definition) is 4. The van der Waals surface area contributed by atoms with Gasteiger partial charge in [-0.1, -0.05) is 0 Å². The minimum atomic E-state index is -0.175. The van der Waals surface area contributed by atoms with Gasteiger partial charge in [-0.15, -0.1) is 0 Å². The number of ether oxygens (including phenoxy) is 1. The minimum Gasteiger partial charge on any atom is -0.382 e. The summed E-state index contributed by atoms with van der Waals surface area (Å²) in [6, 6.07) is 0. The second kappa shape index (κ2) is 4.90. The fourth-order valence-electron chi connectivity index (χ4n) is 1.44. The summed E-state index contributed by atoms with van der Waals surface area (Å²) in [7, 11) is 0. The fourth-order valence-corrected chi connectivity index (χ4v) is 1.44. The van der Waals surface area contributed by atoms with Crippen molar-refractivity contribution < 1.29 is 9.37 Å². The quantitative estimate of drug-likeness (QED) is 0.374. The number of rotatable bonds is 4. The maximum absolute atomic E-state index is 7.25. The van der Waals surface area contributed by atoms with Gasteiger partial charge in [-0.2, -0.15) is 0 Å². The standard InChI is InChI=1S/C8H14N6O2/c9-7(10)6-8(14-16-13-6)12-4-5-3-11-1-2-15-5/h5,11H,1-4H2,(H3,9,10)(H,12,14)/t5-/m1/s1. The number of nitrogens with zero attached hydrogens (tertiary/aromatic N) is 2. The topological polar surface area (TPSA) is 122 Å². The van der Waals surface area contributed by atoms with Gasteiger partial charge in [0.25, 0.3) is 0 Å². The summed E-state index contributed by atoms with van der Waals surface area (Å²) < 4.78 is 9.99. The molecule has 1 aliphatic rings. The second-order valence-corrected chi connectivity index (χ2v) is 3.45. The van der Waals surface area contributed by atoms with Crippen LogP contribution in [0.1, 0.15) is 5.69 Å². The van der Waals surface area contributed by atoms with E-state index in [1.165, 1.54) is 0 Å². The molecule has 8 nitrogen and oxygen atoms in total. The van der Waals surface area contributed by atoms with Crippen molar-refractivity contribution in [2.75, 3.05) is 31.6 Å². The Kier molecular flexibility index (Phi) is 3.32. The highest BCUT2D eigenvalue weighted by molar-refractivity contribution is 5.97. The molecule has 2 rings (SSSR count). The van der Waals surface area contributed by atoms with Crippen molar-refractivity contribution in [3.05, 3.63) is 5.69 Å². The molecule has 0 aromatic carbocycles. The summed E-state index contributed by atoms with van der Waals surface area (Å²) in [4.78, 5) is 0. The van der Waals surface area contributed by atoms with E-state index in [2.05, 4.69) is 25.6 Å². The maximum Gasteiger partial charge on any atom is 0.202 e. The highest BCUT2D eigenvalue weighted by Gasteiger charge is 2.16. The summed E-state index contributed by atoms with van der Waals surface area (Å²) in [6.45, 7) is 2.93. The van der Waals surface area contributed by atoms with Gasteiger partial charge in [0.15, 0.2) is 5.69 Å². The average molecular weight is 226 g/mol. The van der Waals surface area contributed by atoms with Crippen molar-refractivity contribution in [1.29, 1.82) is 5.41 Å². The van der Waals surface area contributed by atoms with Gasteiger partial charge in [-0.25, -0.2) is 4.63 Å². The van der Waals surface area contributed by atoms with E-state index < -0.39 is 0 Å². The number of amidine groups is 1. The van der Waals surface area contributed by atoms with E-state index in [-0.39, 0.29) is 17.6 Å². The first kappa shape index (κ1) is 10.8. The normalized spacial score (nSPS) is 20.6. The first-order valence-electron chi connectivity index (χ1n) is 5.00. The lowest BCUT2D eigenvalue weighted by atomic mass is 10.3. The van der Waals surface area contributed by atoms with Crippen molar-refractivity contribution >= 4 is 11.7 Å². The highest BCUT2D eigenvalue weighted by atomic mass is 16.6. The SMILES string of the molecule is N=C(N)c1nonc1NC[C@H]1CNCCO1. The third kappa shape index (κ3) is 2.47. The van der Waals surface area contributed by atoms with E-state index in [9.17, 15) is 0 Å². The molecule has 16 heavy (non-hydrogen) atoms. The van der Waals surface area contributed by atoms with Crippen LogP contribution in [0, 0.1) is 5.41 Å². The Labute approximate surface area is 92.0 Å². The molecule has 1 aromatic heterocycles. The molecule has 1 saturated heterocycles. The van der Waals surface area contributed by atoms with Gasteiger partial charge >= 0.3 is 0 Å². The van der Waals surface area contributed by atoms with Crippen LogP contribution in [0.2, 0.25) is 0 Å². The second-order valence-electron chi connectivity index (χ2n) is 3.45. The van der Waals surface area contributed by atoms with Gasteiger partial charge in [-0.3, -0.25) is 5.41 Å². The zero-order chi connectivity index (χ0) is 11.4. The van der Waals surface area contributed by atoms with Crippen LogP contribution in [0.4, 0.5) is 5.82 Å². The van der Waals surface area contributed by atoms with E-state index in [0.29, 0.717) is 19.0 Å². The van der Waals surface area contributed by atoms with Crippen LogP contribution in [0.15, 0.2) is 4.63 Å². The monoisotopic (exact) mass is 226 g/mol. The molecular formula is C8H14N6O2. The molecule has 88 valence electrons. The number of nitrogen functional groups attached to an aromatic ring is 1. The predicted molar refractivity (Wildman–Crippen MR) is 56.4 cm³/mol. The number of anilines is 1. The zero-order valence-corrected chi connectivity index (χ0v) is 8.69. The molecule has 0 saturated carbocycles. The molecule has 0 bridgehead atoms. The van der Waals surface area contributed by atoms with E-state index >= 15 is 0 Å². The molecular weight excluding hydrogens is 212 g/mol. The Hall–Kier alpha value is -1.67. The van der Waals surface area contributed by atoms with Crippen LogP contribution in [0.25, 0.3) is 0 Å². The third-order valence-corrected chi connectivity index (χ3v) is 2.25. The molecule has 0 aliphatic carbocycles. The summed E-state index contributed by atoms with van der Waals surface area (Å²) in [6.07, 6.45) is 0.0743. The lowest BCUT2D eigenvalue weighted by Crippen LogP contribution is -2.42. The predicted octanol–water partition coefficient (Wildman–Crippen LogP) is -1.25. The number of aromatic nitrogens is 2. The first-order valence-corrected chi connectivity index (χ1v) is 5.00. The average Bonchev–Trinajstić information content (AvgIpc) is 2.76. The van der Waals surface area contributed by atoms with Crippen molar-refractivity contribution in [1.82, 2.24) is 15.6 Å². The number of nitrogens with one attached hydrogen (secondary N) is 3. The molecule has 0 spiro atoms. The molecule has 8 heteroatoms. The maximum atomic E-state index is 7.25. The van der Waals surface area contributed by atoms with E-state index in [1.807, 2.05) is 0 Å². The molecule has 1 aromatic rings. The summed E-state index contributed by atoms with van der Waals surface area (Å²) in [5, 5.41) is 20.6. The number of hydrogen-bond acceptors (Lipinski definition) is 7. The van der Waals surface area contributed by atoms with E-state index in [0.717, 1.165) is 13.1 Å². The van der Waals surface area contributed by atoms with Crippen LogP contribution in [-0.4, -0.2) is 48.5 Å². The molecule has 5 N–H and O–H groups in total. The molecule has 0 amide bonds. The van der Waals surface area contributed by atoms with Crippen LogP contribution < -0.4 is 16.4 Å². The molecule has 1 fully saturated rings. The lowest BCUT2D eigenvalue weighted by molar-refractivity contribution is 0.0371. The van der Waals surface area contributed by atoms with Gasteiger partial charge in [0, 0.05) is 19.6 Å². The molecule has 0 radical (unpaired) electrons. The minimum absolute atomic E-state index is 0.0743. The van der Waals surface area contributed by atoms with Crippen molar-refractivity contribution in [3.8, 4) is 0 Å². The number of morpholine rings is 1. The Morgan fingerprint density at radius 3 is 3.19 bits per heavy atom. The van der Waals surface area contributed by atoms with Crippen LogP contribution in [-0.2, 0) is 4.74 Å². The highest BCUT2D eigenvalue weighted by Crippen LogP contribution is 2.08. The number of nitrogens with two attached hydrogens (primary N) is 1. The van der Waals surface area contributed by atoms with Gasteiger partial charge in [0.2, 0.25) is 5.82 Å². The van der Waals surface area contributed by atoms with Gasteiger partial charge in [-0.05, 0) is 10.3 Å². The Morgan fingerprint density at radius 2 is 2.50 bits per heavy atom. The van der Waals surface area contributed by atoms with Crippen molar-refractivity contribution in [2.45, 2.75) is 6.10 Å². The summed E-state index contributed by atoms with van der Waals surface area (Å²) >= 11 is 0. The lowest BCUT2D eigenvalue weighted by Gasteiger charge is -2.23. The third-order valence-electron chi connectivity index (χ3n) is 2.25. The summed E-state index contributed by atoms with van der Waals surface area (Å²) in [5.74, 6) is 0.202. The van der Waals surface area contributed by atoms with Crippen molar-refractivity contribution in [2.24, 2.45) is 5.73 Å². The summed E-state index contributed by atoms with van der Waals surface area (Å²) in [5.41, 5.74) is 5.53. The van der Waals surface area contributed by atoms with Gasteiger partial charge < -0.3 is 21.1 Å². The molecule has 1 aliphatic heterocycles. The molecule has 0 unspecified atom stereocenters. The van der Waals surface area contributed by atoms with Gasteiger partial charge in [0.1, 0.15) is 5.84 Å². The van der Waals surface area contributed by atoms with Crippen molar-refractivity contribution in [3.63, 3.8) is 0 Å². The molecule has 2 heterocycles. The van der Waals surface area contributed by atoms with Gasteiger partial charge in [0.05, 0.1) is 12.7 Å². The smallest absolute Gasteiger partial charge is 0.202 e. The fraction of sp³-hybridized carbons (Fsp3) is 0.625. The van der Waals surface area contributed by atoms with E-state index in [1.54, 1.807) is 0 Å². The Morgan fingerprint density at radius 1 is 1.62 bits per heavy atom. The van der Waals surface area contributed by atoms with Crippen LogP contribution in [0.3, 0.4) is 0 Å². The van der Waals surface area contributed by atoms with Crippen LogP contribution in [0.5, 0.6) is 0 Å².